The summed E-state index contributed by atoms with van der Waals surface area (Å²) in [5, 5.41) is 13.7. The predicted molar refractivity (Wildman–Crippen MR) is 103 cm³/mol. The molecule has 0 atom stereocenters. The van der Waals surface area contributed by atoms with Crippen LogP contribution in [-0.4, -0.2) is 33.6 Å². The van der Waals surface area contributed by atoms with Gasteiger partial charge in [0.2, 0.25) is 5.88 Å². The molecule has 0 saturated carbocycles. The van der Waals surface area contributed by atoms with Crippen LogP contribution in [0.5, 0.6) is 11.6 Å². The van der Waals surface area contributed by atoms with E-state index in [1.54, 1.807) is 26.8 Å². The first kappa shape index (κ1) is 18.4. The van der Waals surface area contributed by atoms with Crippen molar-refractivity contribution in [1.82, 2.24) is 15.3 Å². The van der Waals surface area contributed by atoms with Crippen molar-refractivity contribution in [1.29, 1.82) is 0 Å². The van der Waals surface area contributed by atoms with E-state index in [2.05, 4.69) is 15.3 Å². The molecule has 1 aromatic carbocycles. The first-order chi connectivity index (χ1) is 12.9. The molecule has 0 aliphatic rings. The lowest BCUT2D eigenvalue weighted by Gasteiger charge is -2.13. The van der Waals surface area contributed by atoms with Gasteiger partial charge >= 0.3 is 0 Å². The van der Waals surface area contributed by atoms with E-state index < -0.39 is 11.5 Å². The summed E-state index contributed by atoms with van der Waals surface area (Å²) in [5.74, 6) is -0.762. The molecule has 0 aliphatic heterocycles. The number of H-pyrrole nitrogens is 1. The van der Waals surface area contributed by atoms with Gasteiger partial charge < -0.3 is 20.1 Å². The zero-order chi connectivity index (χ0) is 19.6. The molecule has 0 aliphatic carbocycles. The van der Waals surface area contributed by atoms with Crippen LogP contribution in [-0.2, 0) is 0 Å². The van der Waals surface area contributed by atoms with Gasteiger partial charge in [-0.2, -0.15) is 0 Å². The van der Waals surface area contributed by atoms with Gasteiger partial charge in [-0.25, -0.2) is 4.98 Å². The first-order valence-electron chi connectivity index (χ1n) is 8.71. The molecule has 7 nitrogen and oxygen atoms in total. The summed E-state index contributed by atoms with van der Waals surface area (Å²) < 4.78 is 5.54. The Labute approximate surface area is 156 Å². The number of benzene rings is 1. The zero-order valence-corrected chi connectivity index (χ0v) is 15.4. The number of fused-ring (bicyclic) bond motifs is 1. The third-order valence-corrected chi connectivity index (χ3v) is 3.94. The average molecular weight is 367 g/mol. The molecule has 3 aromatic rings. The minimum atomic E-state index is -0.558. The maximum Gasteiger partial charge on any atom is 0.271 e. The molecule has 140 valence electrons. The van der Waals surface area contributed by atoms with Gasteiger partial charge in [-0.3, -0.25) is 9.59 Å². The second kappa shape index (κ2) is 7.49. The average Bonchev–Trinajstić information content (AvgIpc) is 2.64. The van der Waals surface area contributed by atoms with Gasteiger partial charge in [0.25, 0.3) is 11.5 Å². The third kappa shape index (κ3) is 3.62. The number of carbonyl (C=O) groups is 1. The van der Waals surface area contributed by atoms with E-state index in [1.807, 2.05) is 30.3 Å². The Morgan fingerprint density at radius 3 is 2.63 bits per heavy atom. The summed E-state index contributed by atoms with van der Waals surface area (Å²) in [6.07, 6.45) is 0. The minimum absolute atomic E-state index is 0.107. The molecule has 0 radical (unpaired) electrons. The Morgan fingerprint density at radius 2 is 2.00 bits per heavy atom. The van der Waals surface area contributed by atoms with Gasteiger partial charge in [-0.1, -0.05) is 30.3 Å². The van der Waals surface area contributed by atoms with E-state index >= 15 is 0 Å². The minimum Gasteiger partial charge on any atom is -0.505 e. The van der Waals surface area contributed by atoms with Crippen LogP contribution in [0.15, 0.2) is 41.2 Å². The Hall–Kier alpha value is -3.35. The fourth-order valence-corrected chi connectivity index (χ4v) is 2.79. The highest BCUT2D eigenvalue weighted by atomic mass is 16.5. The van der Waals surface area contributed by atoms with Gasteiger partial charge in [0.15, 0.2) is 5.75 Å². The summed E-state index contributed by atoms with van der Waals surface area (Å²) in [5.41, 5.74) is 0.594. The number of hydrogen-bond donors (Lipinski definition) is 3. The normalized spacial score (nSPS) is 11.0. The molecule has 0 fully saturated rings. The van der Waals surface area contributed by atoms with Crippen molar-refractivity contribution < 1.29 is 14.6 Å². The summed E-state index contributed by atoms with van der Waals surface area (Å²) >= 11 is 0. The molecule has 0 spiro atoms. The SMILES string of the molecule is CCOc1nc(-c2ccccc2)cc2c(O)c(C(=O)NC(C)C)[nH]c(=O)c12. The Kier molecular flexibility index (Phi) is 5.12. The van der Waals surface area contributed by atoms with Gasteiger partial charge in [0, 0.05) is 17.0 Å². The Balaban J connectivity index is 2.30. The van der Waals surface area contributed by atoms with Crippen molar-refractivity contribution in [2.45, 2.75) is 26.8 Å². The lowest BCUT2D eigenvalue weighted by atomic mass is 10.1. The second-order valence-corrected chi connectivity index (χ2v) is 6.34. The molecule has 0 unspecified atom stereocenters. The quantitative estimate of drug-likeness (QED) is 0.643. The Bertz CT molecular complexity index is 1040. The van der Waals surface area contributed by atoms with Gasteiger partial charge in [0.1, 0.15) is 11.1 Å². The highest BCUT2D eigenvalue weighted by Gasteiger charge is 2.21. The maximum absolute atomic E-state index is 12.6. The number of nitrogens with one attached hydrogen (secondary N) is 2. The van der Waals surface area contributed by atoms with E-state index in [4.69, 9.17) is 4.74 Å². The molecule has 0 bridgehead atoms. The number of aromatic hydroxyl groups is 1. The molecule has 3 N–H and O–H groups in total. The van der Waals surface area contributed by atoms with Gasteiger partial charge in [-0.05, 0) is 26.8 Å². The van der Waals surface area contributed by atoms with Crippen LogP contribution in [0.4, 0.5) is 0 Å². The van der Waals surface area contributed by atoms with Gasteiger partial charge in [-0.15, -0.1) is 0 Å². The smallest absolute Gasteiger partial charge is 0.271 e. The standard InChI is InChI=1S/C20H21N3O4/c1-4-27-20-15-13(10-14(22-20)12-8-6-5-7-9-12)17(24)16(23-18(15)25)19(26)21-11(2)3/h5-11,24H,4H2,1-3H3,(H,21,26)(H,23,25). The summed E-state index contributed by atoms with van der Waals surface area (Å²) in [7, 11) is 0. The number of pyridine rings is 2. The predicted octanol–water partition coefficient (Wildman–Crippen LogP) is 2.83. The number of hydrogen-bond acceptors (Lipinski definition) is 5. The molecule has 7 heteroatoms. The van der Waals surface area contributed by atoms with Crippen LogP contribution in [0.2, 0.25) is 0 Å². The third-order valence-electron chi connectivity index (χ3n) is 3.94. The van der Waals surface area contributed by atoms with Crippen molar-refractivity contribution in [3.8, 4) is 22.9 Å². The highest BCUT2D eigenvalue weighted by Crippen LogP contribution is 2.33. The van der Waals surface area contributed by atoms with E-state index in [-0.39, 0.29) is 34.1 Å². The van der Waals surface area contributed by atoms with E-state index in [9.17, 15) is 14.7 Å². The molecule has 0 saturated heterocycles. The summed E-state index contributed by atoms with van der Waals surface area (Å²) in [6.45, 7) is 5.66. The summed E-state index contributed by atoms with van der Waals surface area (Å²) in [6, 6.07) is 10.8. The molecule has 1 amide bonds. The number of aromatic nitrogens is 2. The second-order valence-electron chi connectivity index (χ2n) is 6.34. The molecular weight excluding hydrogens is 346 g/mol. The van der Waals surface area contributed by atoms with Crippen LogP contribution >= 0.6 is 0 Å². The maximum atomic E-state index is 12.6. The topological polar surface area (TPSA) is 104 Å². The monoisotopic (exact) mass is 367 g/mol. The lowest BCUT2D eigenvalue weighted by Crippen LogP contribution is -2.32. The fraction of sp³-hybridized carbons (Fsp3) is 0.250. The van der Waals surface area contributed by atoms with Crippen molar-refractivity contribution in [2.24, 2.45) is 0 Å². The fourth-order valence-electron chi connectivity index (χ4n) is 2.79. The summed E-state index contributed by atoms with van der Waals surface area (Å²) in [4.78, 5) is 31.8. The molecule has 3 rings (SSSR count). The van der Waals surface area contributed by atoms with Crippen LogP contribution in [0.3, 0.4) is 0 Å². The van der Waals surface area contributed by atoms with E-state index in [0.717, 1.165) is 5.56 Å². The zero-order valence-electron chi connectivity index (χ0n) is 15.4. The number of rotatable bonds is 5. The number of aromatic amines is 1. The molecule has 2 heterocycles. The van der Waals surface area contributed by atoms with Crippen molar-refractivity contribution in [3.63, 3.8) is 0 Å². The van der Waals surface area contributed by atoms with Crippen molar-refractivity contribution in [2.75, 3.05) is 6.61 Å². The highest BCUT2D eigenvalue weighted by molar-refractivity contribution is 6.03. The van der Waals surface area contributed by atoms with Crippen LogP contribution < -0.4 is 15.6 Å². The Morgan fingerprint density at radius 1 is 1.30 bits per heavy atom. The van der Waals surface area contributed by atoms with Crippen LogP contribution in [0.1, 0.15) is 31.3 Å². The van der Waals surface area contributed by atoms with Crippen LogP contribution in [0, 0.1) is 0 Å². The van der Waals surface area contributed by atoms with Gasteiger partial charge in [0.05, 0.1) is 12.3 Å². The number of ether oxygens (including phenoxy) is 1. The van der Waals surface area contributed by atoms with E-state index in [1.165, 1.54) is 0 Å². The largest absolute Gasteiger partial charge is 0.505 e. The van der Waals surface area contributed by atoms with E-state index in [0.29, 0.717) is 12.3 Å². The van der Waals surface area contributed by atoms with Crippen molar-refractivity contribution >= 4 is 16.7 Å². The lowest BCUT2D eigenvalue weighted by molar-refractivity contribution is 0.0935. The van der Waals surface area contributed by atoms with Crippen molar-refractivity contribution in [3.05, 3.63) is 52.4 Å². The number of carbonyl (C=O) groups excluding carboxylic acids is 1. The first-order valence-corrected chi connectivity index (χ1v) is 8.71. The van der Waals surface area contributed by atoms with Crippen LogP contribution in [0.25, 0.3) is 22.0 Å². The molecular formula is C20H21N3O4. The number of amides is 1. The number of nitrogens with zero attached hydrogens (tertiary/aromatic N) is 1. The molecule has 27 heavy (non-hydrogen) atoms. The molecule has 2 aromatic heterocycles.